The highest BCUT2D eigenvalue weighted by Gasteiger charge is 2.15. The quantitative estimate of drug-likeness (QED) is 0.886. The molecule has 0 spiro atoms. The molecular weight excluding hydrogens is 226 g/mol. The van der Waals surface area contributed by atoms with Crippen molar-refractivity contribution < 1.29 is 9.53 Å². The van der Waals surface area contributed by atoms with E-state index in [0.29, 0.717) is 6.54 Å². The highest BCUT2D eigenvalue weighted by atomic mass is 16.6. The smallest absolute Gasteiger partial charge is 0.407 e. The van der Waals surface area contributed by atoms with Crippen molar-refractivity contribution in [1.82, 2.24) is 5.32 Å². The fourth-order valence-corrected chi connectivity index (χ4v) is 1.41. The number of hydrogen-bond acceptors (Lipinski definition) is 2. The molecule has 0 bridgehead atoms. The average Bonchev–Trinajstić information content (AvgIpc) is 2.25. The minimum absolute atomic E-state index is 0.386. The Balaban J connectivity index is 2.44. The number of nitrogens with one attached hydrogen (secondary N) is 1. The van der Waals surface area contributed by atoms with Crippen LogP contribution in [0.2, 0.25) is 0 Å². The van der Waals surface area contributed by atoms with E-state index in [0.717, 1.165) is 11.1 Å². The van der Waals surface area contributed by atoms with Crippen molar-refractivity contribution in [3.8, 4) is 0 Å². The largest absolute Gasteiger partial charge is 0.444 e. The summed E-state index contributed by atoms with van der Waals surface area (Å²) < 4.78 is 5.16. The molecule has 3 heteroatoms. The number of amides is 1. The molecule has 0 fully saturated rings. The lowest BCUT2D eigenvalue weighted by molar-refractivity contribution is 0.0533. The molecule has 1 amide bonds. The third-order valence-electron chi connectivity index (χ3n) is 2.12. The monoisotopic (exact) mass is 247 g/mol. The molecule has 98 valence electrons. The molecule has 18 heavy (non-hydrogen) atoms. The van der Waals surface area contributed by atoms with Crippen LogP contribution in [0.3, 0.4) is 0 Å². The summed E-state index contributed by atoms with van der Waals surface area (Å²) in [6.07, 6.45) is 1.65. The van der Waals surface area contributed by atoms with Gasteiger partial charge in [-0.15, -0.1) is 0 Å². The van der Waals surface area contributed by atoms with Crippen LogP contribution in [0.5, 0.6) is 0 Å². The van der Waals surface area contributed by atoms with E-state index in [-0.39, 0.29) is 6.09 Å². The number of alkyl carbamates (subject to hydrolysis) is 1. The molecule has 1 aromatic rings. The number of hydrogen-bond donors (Lipinski definition) is 1. The van der Waals surface area contributed by atoms with Crippen LogP contribution in [0.25, 0.3) is 6.08 Å². The molecule has 0 atom stereocenters. The van der Waals surface area contributed by atoms with Gasteiger partial charge >= 0.3 is 6.09 Å². The highest BCUT2D eigenvalue weighted by molar-refractivity contribution is 5.68. The Morgan fingerprint density at radius 3 is 2.44 bits per heavy atom. The molecule has 0 aliphatic rings. The van der Waals surface area contributed by atoms with Gasteiger partial charge in [-0.3, -0.25) is 0 Å². The third kappa shape index (κ3) is 6.09. The van der Waals surface area contributed by atoms with E-state index < -0.39 is 5.60 Å². The normalized spacial score (nSPS) is 12.1. The Kier molecular flexibility index (Phi) is 4.95. The first-order valence-electron chi connectivity index (χ1n) is 6.06. The minimum Gasteiger partial charge on any atom is -0.444 e. The number of carbonyl (C=O) groups is 1. The Morgan fingerprint density at radius 2 is 1.89 bits per heavy atom. The maximum Gasteiger partial charge on any atom is 0.407 e. The summed E-state index contributed by atoms with van der Waals surface area (Å²) in [5, 5.41) is 2.73. The lowest BCUT2D eigenvalue weighted by atomic mass is 10.1. The van der Waals surface area contributed by atoms with E-state index in [4.69, 9.17) is 4.74 Å². The van der Waals surface area contributed by atoms with Crippen LogP contribution in [0.1, 0.15) is 33.3 Å². The Hall–Kier alpha value is -1.77. The van der Waals surface area contributed by atoms with Crippen LogP contribution in [-0.4, -0.2) is 18.2 Å². The van der Waals surface area contributed by atoms with Gasteiger partial charge in [0.2, 0.25) is 0 Å². The van der Waals surface area contributed by atoms with Crippen LogP contribution < -0.4 is 5.32 Å². The van der Waals surface area contributed by atoms with Crippen LogP contribution in [0.4, 0.5) is 4.79 Å². The van der Waals surface area contributed by atoms with Gasteiger partial charge in [0.15, 0.2) is 0 Å². The molecule has 3 nitrogen and oxygen atoms in total. The number of carbonyl (C=O) groups excluding carboxylic acids is 1. The summed E-state index contributed by atoms with van der Waals surface area (Å²) >= 11 is 0. The molecule has 0 aliphatic heterocycles. The Labute approximate surface area is 109 Å². The maximum absolute atomic E-state index is 11.5. The lowest BCUT2D eigenvalue weighted by Gasteiger charge is -2.19. The fraction of sp³-hybridized carbons (Fsp3) is 0.400. The standard InChI is InChI=1S/C15H21NO2/c1-12(10-13-8-6-5-7-9-13)11-16-14(17)18-15(2,3)4/h5-10H,11H2,1-4H3,(H,16,17)/b12-10+. The van der Waals surface area contributed by atoms with E-state index >= 15 is 0 Å². The van der Waals surface area contributed by atoms with E-state index in [1.165, 1.54) is 0 Å². The predicted molar refractivity (Wildman–Crippen MR) is 74.3 cm³/mol. The summed E-state index contributed by atoms with van der Waals surface area (Å²) in [5.74, 6) is 0. The topological polar surface area (TPSA) is 38.3 Å². The second-order valence-electron chi connectivity index (χ2n) is 5.26. The maximum atomic E-state index is 11.5. The zero-order chi connectivity index (χ0) is 13.6. The van der Waals surface area contributed by atoms with Crippen LogP contribution in [-0.2, 0) is 4.74 Å². The van der Waals surface area contributed by atoms with Gasteiger partial charge < -0.3 is 10.1 Å². The molecule has 1 N–H and O–H groups in total. The fourth-order valence-electron chi connectivity index (χ4n) is 1.41. The van der Waals surface area contributed by atoms with Gasteiger partial charge in [-0.1, -0.05) is 42.0 Å². The molecule has 0 saturated carbocycles. The van der Waals surface area contributed by atoms with Gasteiger partial charge in [0.1, 0.15) is 5.60 Å². The molecule has 0 heterocycles. The second-order valence-corrected chi connectivity index (χ2v) is 5.26. The molecule has 0 unspecified atom stereocenters. The molecule has 0 radical (unpaired) electrons. The zero-order valence-corrected chi connectivity index (χ0v) is 11.5. The van der Waals surface area contributed by atoms with Crippen molar-refractivity contribution >= 4 is 12.2 Å². The molecule has 0 aromatic heterocycles. The minimum atomic E-state index is -0.457. The first-order chi connectivity index (χ1) is 8.37. The molecule has 1 rings (SSSR count). The molecular formula is C15H21NO2. The summed E-state index contributed by atoms with van der Waals surface area (Å²) in [6, 6.07) is 10.0. The van der Waals surface area contributed by atoms with E-state index in [9.17, 15) is 4.79 Å². The van der Waals surface area contributed by atoms with E-state index in [2.05, 4.69) is 5.32 Å². The Morgan fingerprint density at radius 1 is 1.28 bits per heavy atom. The van der Waals surface area contributed by atoms with Gasteiger partial charge in [-0.25, -0.2) is 4.79 Å². The van der Waals surface area contributed by atoms with Crippen molar-refractivity contribution in [3.05, 3.63) is 41.5 Å². The van der Waals surface area contributed by atoms with E-state index in [1.807, 2.05) is 64.1 Å². The molecule has 0 saturated heterocycles. The van der Waals surface area contributed by atoms with Gasteiger partial charge in [0, 0.05) is 6.54 Å². The van der Waals surface area contributed by atoms with Gasteiger partial charge in [0.25, 0.3) is 0 Å². The van der Waals surface area contributed by atoms with Crippen molar-refractivity contribution in [2.75, 3.05) is 6.54 Å². The number of benzene rings is 1. The highest BCUT2D eigenvalue weighted by Crippen LogP contribution is 2.08. The summed E-state index contributed by atoms with van der Waals surface area (Å²) in [5.41, 5.74) is 1.74. The van der Waals surface area contributed by atoms with E-state index in [1.54, 1.807) is 0 Å². The average molecular weight is 247 g/mol. The number of rotatable bonds is 3. The van der Waals surface area contributed by atoms with Gasteiger partial charge in [-0.2, -0.15) is 0 Å². The first kappa shape index (κ1) is 14.3. The SMILES string of the molecule is C/C(=C\c1ccccc1)CNC(=O)OC(C)(C)C. The lowest BCUT2D eigenvalue weighted by Crippen LogP contribution is -2.33. The third-order valence-corrected chi connectivity index (χ3v) is 2.12. The first-order valence-corrected chi connectivity index (χ1v) is 6.06. The van der Waals surface area contributed by atoms with Gasteiger partial charge in [0.05, 0.1) is 0 Å². The van der Waals surface area contributed by atoms with Gasteiger partial charge in [-0.05, 0) is 33.3 Å². The summed E-state index contributed by atoms with van der Waals surface area (Å²) in [4.78, 5) is 11.5. The van der Waals surface area contributed by atoms with Crippen molar-refractivity contribution in [3.63, 3.8) is 0 Å². The zero-order valence-electron chi connectivity index (χ0n) is 11.5. The van der Waals surface area contributed by atoms with Crippen molar-refractivity contribution in [2.45, 2.75) is 33.3 Å². The van der Waals surface area contributed by atoms with Crippen LogP contribution in [0.15, 0.2) is 35.9 Å². The molecule has 0 aliphatic carbocycles. The predicted octanol–water partition coefficient (Wildman–Crippen LogP) is 3.61. The van der Waals surface area contributed by atoms with Crippen LogP contribution >= 0.6 is 0 Å². The second kappa shape index (κ2) is 6.24. The van der Waals surface area contributed by atoms with Crippen molar-refractivity contribution in [1.29, 1.82) is 0 Å². The van der Waals surface area contributed by atoms with Crippen LogP contribution in [0, 0.1) is 0 Å². The molecule has 1 aromatic carbocycles. The number of ether oxygens (including phenoxy) is 1. The summed E-state index contributed by atoms with van der Waals surface area (Å²) in [7, 11) is 0. The summed E-state index contributed by atoms with van der Waals surface area (Å²) in [6.45, 7) is 8.01. The van der Waals surface area contributed by atoms with Crippen molar-refractivity contribution in [2.24, 2.45) is 0 Å². The Bertz CT molecular complexity index is 416.